The molecule has 3 rings (SSSR count). The fraction of sp³-hybridized carbons (Fsp3) is 0.316. The number of hydrogen-bond acceptors (Lipinski definition) is 4. The zero-order chi connectivity index (χ0) is 18.1. The average Bonchev–Trinajstić information content (AvgIpc) is 2.88. The van der Waals surface area contributed by atoms with Crippen LogP contribution in [-0.2, 0) is 13.0 Å². The van der Waals surface area contributed by atoms with E-state index in [0.29, 0.717) is 23.2 Å². The van der Waals surface area contributed by atoms with Crippen LogP contribution in [0, 0.1) is 25.2 Å². The standard InChI is InChI=1S/C19H21N5O/c1-12-16(9-14-5-7-15(10-20)8-6-14)19(25)24-18(21-12)17(11-23(3)4)13(2)22-24/h5-8,22H,9,11H2,1-4H3. The van der Waals surface area contributed by atoms with Crippen molar-refractivity contribution in [3.8, 4) is 6.07 Å². The molecule has 0 bridgehead atoms. The lowest BCUT2D eigenvalue weighted by Gasteiger charge is -2.10. The number of benzene rings is 1. The van der Waals surface area contributed by atoms with Crippen molar-refractivity contribution >= 4 is 5.65 Å². The van der Waals surface area contributed by atoms with Crippen LogP contribution in [0.15, 0.2) is 29.1 Å². The van der Waals surface area contributed by atoms with Crippen LogP contribution in [0.2, 0.25) is 0 Å². The largest absolute Gasteiger partial charge is 0.305 e. The van der Waals surface area contributed by atoms with Gasteiger partial charge in [0.1, 0.15) is 0 Å². The van der Waals surface area contributed by atoms with Crippen molar-refractivity contribution in [1.82, 2.24) is 19.5 Å². The van der Waals surface area contributed by atoms with Gasteiger partial charge in [0.25, 0.3) is 5.56 Å². The van der Waals surface area contributed by atoms with Gasteiger partial charge in [0.05, 0.1) is 11.6 Å². The molecule has 0 amide bonds. The molecular weight excluding hydrogens is 314 g/mol. The first-order valence-corrected chi connectivity index (χ1v) is 8.14. The van der Waals surface area contributed by atoms with Gasteiger partial charge in [0, 0.05) is 35.5 Å². The Kier molecular flexibility index (Phi) is 4.43. The van der Waals surface area contributed by atoms with E-state index in [1.807, 2.05) is 40.1 Å². The van der Waals surface area contributed by atoms with Gasteiger partial charge in [-0.05, 0) is 45.6 Å². The zero-order valence-corrected chi connectivity index (χ0v) is 14.9. The average molecular weight is 335 g/mol. The van der Waals surface area contributed by atoms with Crippen molar-refractivity contribution in [2.24, 2.45) is 0 Å². The molecule has 1 aromatic carbocycles. The van der Waals surface area contributed by atoms with Crippen LogP contribution in [0.1, 0.15) is 33.6 Å². The number of H-pyrrole nitrogens is 1. The van der Waals surface area contributed by atoms with E-state index in [9.17, 15) is 4.79 Å². The van der Waals surface area contributed by atoms with E-state index in [0.717, 1.165) is 29.1 Å². The van der Waals surface area contributed by atoms with Gasteiger partial charge in [-0.1, -0.05) is 12.1 Å². The molecule has 0 unspecified atom stereocenters. The van der Waals surface area contributed by atoms with Gasteiger partial charge >= 0.3 is 0 Å². The van der Waals surface area contributed by atoms with Crippen LogP contribution in [0.5, 0.6) is 0 Å². The summed E-state index contributed by atoms with van der Waals surface area (Å²) in [4.78, 5) is 19.7. The lowest BCUT2D eigenvalue weighted by Crippen LogP contribution is -2.22. The second kappa shape index (κ2) is 6.54. The summed E-state index contributed by atoms with van der Waals surface area (Å²) >= 11 is 0. The van der Waals surface area contributed by atoms with Crippen molar-refractivity contribution in [2.45, 2.75) is 26.8 Å². The van der Waals surface area contributed by atoms with Crippen LogP contribution in [0.25, 0.3) is 5.65 Å². The third kappa shape index (κ3) is 3.19. The lowest BCUT2D eigenvalue weighted by molar-refractivity contribution is 0.402. The first-order chi connectivity index (χ1) is 11.9. The minimum Gasteiger partial charge on any atom is -0.305 e. The number of aromatic amines is 1. The Bertz CT molecular complexity index is 1020. The molecule has 6 heteroatoms. The smallest absolute Gasteiger partial charge is 0.276 e. The number of rotatable bonds is 4. The van der Waals surface area contributed by atoms with Gasteiger partial charge in [0.15, 0.2) is 5.65 Å². The molecule has 3 aromatic rings. The third-order valence-corrected chi connectivity index (χ3v) is 4.32. The summed E-state index contributed by atoms with van der Waals surface area (Å²) in [7, 11) is 3.99. The summed E-state index contributed by atoms with van der Waals surface area (Å²) in [6, 6.07) is 9.39. The van der Waals surface area contributed by atoms with Crippen LogP contribution >= 0.6 is 0 Å². The lowest BCUT2D eigenvalue weighted by atomic mass is 10.0. The second-order valence-corrected chi connectivity index (χ2v) is 6.58. The Morgan fingerprint density at radius 1 is 1.20 bits per heavy atom. The Morgan fingerprint density at radius 2 is 1.88 bits per heavy atom. The number of fused-ring (bicyclic) bond motifs is 1. The third-order valence-electron chi connectivity index (χ3n) is 4.32. The highest BCUT2D eigenvalue weighted by Crippen LogP contribution is 2.17. The van der Waals surface area contributed by atoms with E-state index in [4.69, 9.17) is 10.2 Å². The normalized spacial score (nSPS) is 11.2. The van der Waals surface area contributed by atoms with Gasteiger partial charge in [-0.3, -0.25) is 9.89 Å². The Balaban J connectivity index is 2.08. The topological polar surface area (TPSA) is 77.2 Å². The number of nitrogens with one attached hydrogen (secondary N) is 1. The minimum absolute atomic E-state index is 0.0695. The van der Waals surface area contributed by atoms with Crippen molar-refractivity contribution in [3.63, 3.8) is 0 Å². The number of aromatic nitrogens is 3. The highest BCUT2D eigenvalue weighted by atomic mass is 16.1. The number of hydrogen-bond donors (Lipinski definition) is 1. The first-order valence-electron chi connectivity index (χ1n) is 8.14. The molecule has 2 heterocycles. The van der Waals surface area contributed by atoms with E-state index in [1.165, 1.54) is 0 Å². The summed E-state index contributed by atoms with van der Waals surface area (Å²) in [5.74, 6) is 0. The molecule has 0 spiro atoms. The maximum Gasteiger partial charge on any atom is 0.276 e. The molecule has 25 heavy (non-hydrogen) atoms. The minimum atomic E-state index is -0.0695. The van der Waals surface area contributed by atoms with Crippen molar-refractivity contribution in [1.29, 1.82) is 5.26 Å². The summed E-state index contributed by atoms with van der Waals surface area (Å²) in [6.45, 7) is 4.56. The number of aryl methyl sites for hydroxylation is 2. The molecule has 1 N–H and O–H groups in total. The van der Waals surface area contributed by atoms with Crippen molar-refractivity contribution in [3.05, 3.63) is 68.3 Å². The van der Waals surface area contributed by atoms with Crippen LogP contribution in [-0.4, -0.2) is 33.6 Å². The SMILES string of the molecule is Cc1nc2c(CN(C)C)c(C)[nH]n2c(=O)c1Cc1ccc(C#N)cc1. The van der Waals surface area contributed by atoms with Gasteiger partial charge in [-0.15, -0.1) is 0 Å². The molecule has 128 valence electrons. The second-order valence-electron chi connectivity index (χ2n) is 6.58. The maximum atomic E-state index is 13.0. The van der Waals surface area contributed by atoms with Crippen molar-refractivity contribution < 1.29 is 0 Å². The molecule has 0 fully saturated rings. The Labute approximate surface area is 146 Å². The summed E-state index contributed by atoms with van der Waals surface area (Å²) in [5, 5.41) is 12.0. The van der Waals surface area contributed by atoms with E-state index in [-0.39, 0.29) is 5.56 Å². The summed E-state index contributed by atoms with van der Waals surface area (Å²) < 4.78 is 1.54. The van der Waals surface area contributed by atoms with Gasteiger partial charge in [-0.25, -0.2) is 9.50 Å². The van der Waals surface area contributed by atoms with Gasteiger partial charge in [0.2, 0.25) is 0 Å². The molecule has 6 nitrogen and oxygen atoms in total. The van der Waals surface area contributed by atoms with Gasteiger partial charge < -0.3 is 4.90 Å². The van der Waals surface area contributed by atoms with E-state index < -0.39 is 0 Å². The molecule has 0 aliphatic heterocycles. The molecule has 0 atom stereocenters. The maximum absolute atomic E-state index is 13.0. The number of nitriles is 1. The highest BCUT2D eigenvalue weighted by molar-refractivity contribution is 5.51. The molecule has 0 aliphatic carbocycles. The fourth-order valence-corrected chi connectivity index (χ4v) is 2.98. The summed E-state index contributed by atoms with van der Waals surface area (Å²) in [6.07, 6.45) is 0.493. The number of nitrogens with zero attached hydrogens (tertiary/aromatic N) is 4. The van der Waals surface area contributed by atoms with Crippen LogP contribution in [0.3, 0.4) is 0 Å². The van der Waals surface area contributed by atoms with Crippen LogP contribution < -0.4 is 5.56 Å². The van der Waals surface area contributed by atoms with Crippen molar-refractivity contribution in [2.75, 3.05) is 14.1 Å². The van der Waals surface area contributed by atoms with Crippen LogP contribution in [0.4, 0.5) is 0 Å². The van der Waals surface area contributed by atoms with E-state index in [1.54, 1.807) is 16.6 Å². The first kappa shape index (κ1) is 16.9. The molecular formula is C19H21N5O. The molecule has 2 aromatic heterocycles. The molecule has 0 saturated carbocycles. The molecule has 0 aliphatic rings. The monoisotopic (exact) mass is 335 g/mol. The van der Waals surface area contributed by atoms with E-state index in [2.05, 4.69) is 16.1 Å². The zero-order valence-electron chi connectivity index (χ0n) is 14.9. The fourth-order valence-electron chi connectivity index (χ4n) is 2.98. The molecule has 0 radical (unpaired) electrons. The van der Waals surface area contributed by atoms with E-state index >= 15 is 0 Å². The predicted octanol–water partition coefficient (Wildman–Crippen LogP) is 2.16. The predicted molar refractivity (Wildman–Crippen MR) is 96.6 cm³/mol. The Hall–Kier alpha value is -2.91. The Morgan fingerprint density at radius 3 is 2.48 bits per heavy atom. The van der Waals surface area contributed by atoms with Gasteiger partial charge in [-0.2, -0.15) is 5.26 Å². The molecule has 0 saturated heterocycles. The summed E-state index contributed by atoms with van der Waals surface area (Å²) in [5.41, 5.74) is 5.62. The highest BCUT2D eigenvalue weighted by Gasteiger charge is 2.17. The quantitative estimate of drug-likeness (QED) is 0.792.